The number of unbranched alkanes of at least 4 members (excludes halogenated alkanes) is 4. The van der Waals surface area contributed by atoms with Crippen molar-refractivity contribution in [2.24, 2.45) is 16.6 Å². The third-order valence-corrected chi connectivity index (χ3v) is 5.14. The van der Waals surface area contributed by atoms with Gasteiger partial charge in [0, 0.05) is 12.1 Å². The van der Waals surface area contributed by atoms with Crippen LogP contribution in [0.25, 0.3) is 0 Å². The highest BCUT2D eigenvalue weighted by Crippen LogP contribution is 2.24. The molecule has 0 spiro atoms. The first-order chi connectivity index (χ1) is 12.7. The fourth-order valence-corrected chi connectivity index (χ4v) is 3.41. The Kier molecular flexibility index (Phi) is 9.22. The van der Waals surface area contributed by atoms with Gasteiger partial charge in [-0.3, -0.25) is 4.99 Å². The van der Waals surface area contributed by atoms with Crippen LogP contribution < -0.4 is 5.73 Å². The Balaban J connectivity index is 1.76. The number of ether oxygens (including phenoxy) is 1. The van der Waals surface area contributed by atoms with Crippen molar-refractivity contribution in [1.82, 2.24) is 0 Å². The lowest BCUT2D eigenvalue weighted by molar-refractivity contribution is 0.0410. The van der Waals surface area contributed by atoms with Crippen LogP contribution in [0.15, 0.2) is 29.3 Å². The molecule has 1 fully saturated rings. The molecule has 2 N–H and O–H groups in total. The average Bonchev–Trinajstić information content (AvgIpc) is 2.69. The molecule has 4 heteroatoms. The van der Waals surface area contributed by atoms with Crippen molar-refractivity contribution in [2.45, 2.75) is 71.1 Å². The molecule has 0 aliphatic heterocycles. The van der Waals surface area contributed by atoms with Crippen LogP contribution in [0, 0.1) is 5.92 Å². The van der Waals surface area contributed by atoms with Crippen molar-refractivity contribution in [3.05, 3.63) is 35.4 Å². The third-order valence-electron chi connectivity index (χ3n) is 5.14. The van der Waals surface area contributed by atoms with Crippen LogP contribution in [0.4, 0.5) is 0 Å². The smallest absolute Gasteiger partial charge is 0.338 e. The number of amidine groups is 1. The van der Waals surface area contributed by atoms with Gasteiger partial charge in [0.2, 0.25) is 0 Å². The van der Waals surface area contributed by atoms with Gasteiger partial charge in [-0.2, -0.15) is 0 Å². The second-order valence-corrected chi connectivity index (χ2v) is 7.36. The topological polar surface area (TPSA) is 64.7 Å². The Morgan fingerprint density at radius 2 is 1.69 bits per heavy atom. The predicted molar refractivity (Wildman–Crippen MR) is 108 cm³/mol. The summed E-state index contributed by atoms with van der Waals surface area (Å²) in [5, 5.41) is 0. The molecule has 0 unspecified atom stereocenters. The Bertz CT molecular complexity index is 560. The molecule has 0 aromatic heterocycles. The first-order valence-electron chi connectivity index (χ1n) is 10.3. The van der Waals surface area contributed by atoms with Gasteiger partial charge in [-0.1, -0.05) is 64.0 Å². The lowest BCUT2D eigenvalue weighted by Gasteiger charge is -2.21. The number of nitrogens with zero attached hydrogens (tertiary/aromatic N) is 1. The van der Waals surface area contributed by atoms with E-state index in [9.17, 15) is 4.79 Å². The number of hydrogen-bond donors (Lipinski definition) is 1. The lowest BCUT2D eigenvalue weighted by Crippen LogP contribution is -2.17. The van der Waals surface area contributed by atoms with E-state index in [4.69, 9.17) is 10.5 Å². The summed E-state index contributed by atoms with van der Waals surface area (Å²) in [6.45, 7) is 3.52. The number of benzene rings is 1. The molecule has 0 saturated heterocycles. The van der Waals surface area contributed by atoms with E-state index in [2.05, 4.69) is 11.9 Å². The van der Waals surface area contributed by atoms with Gasteiger partial charge in [-0.25, -0.2) is 4.79 Å². The molecular weight excluding hydrogens is 324 g/mol. The molecule has 0 amide bonds. The highest BCUT2D eigenvalue weighted by molar-refractivity contribution is 5.98. The van der Waals surface area contributed by atoms with E-state index in [1.807, 2.05) is 12.1 Å². The molecule has 144 valence electrons. The number of carbonyl (C=O) groups is 1. The summed E-state index contributed by atoms with van der Waals surface area (Å²) in [7, 11) is 0. The zero-order valence-electron chi connectivity index (χ0n) is 16.2. The summed E-state index contributed by atoms with van der Waals surface area (Å²) in [5.41, 5.74) is 7.50. The molecule has 0 atom stereocenters. The van der Waals surface area contributed by atoms with Crippen molar-refractivity contribution in [3.63, 3.8) is 0 Å². The van der Waals surface area contributed by atoms with Gasteiger partial charge in [0.1, 0.15) is 5.84 Å². The van der Waals surface area contributed by atoms with Crippen LogP contribution in [0.5, 0.6) is 0 Å². The van der Waals surface area contributed by atoms with Gasteiger partial charge in [-0.05, 0) is 37.3 Å². The fourth-order valence-electron chi connectivity index (χ4n) is 3.41. The molecule has 0 bridgehead atoms. The van der Waals surface area contributed by atoms with Gasteiger partial charge in [0.05, 0.1) is 12.2 Å². The summed E-state index contributed by atoms with van der Waals surface area (Å²) in [5.74, 6) is 0.836. The third kappa shape index (κ3) is 7.19. The lowest BCUT2D eigenvalue weighted by atomic mass is 9.90. The Labute approximate surface area is 158 Å². The standard InChI is InChI=1S/C22H34N2O2/c1-2-3-4-5-9-16-24-21(23)19-12-14-20(15-13-19)22(25)26-17-18-10-7-6-8-11-18/h12-15,18H,2-11,16-17H2,1H3,(H2,23,24). The van der Waals surface area contributed by atoms with E-state index in [-0.39, 0.29) is 5.97 Å². The zero-order chi connectivity index (χ0) is 18.6. The summed E-state index contributed by atoms with van der Waals surface area (Å²) in [6, 6.07) is 7.27. The molecular formula is C22H34N2O2. The first-order valence-corrected chi connectivity index (χ1v) is 10.3. The van der Waals surface area contributed by atoms with E-state index in [0.717, 1.165) is 18.5 Å². The minimum Gasteiger partial charge on any atom is -0.462 e. The van der Waals surface area contributed by atoms with Crippen molar-refractivity contribution < 1.29 is 9.53 Å². The molecule has 0 radical (unpaired) electrons. The summed E-state index contributed by atoms with van der Waals surface area (Å²) >= 11 is 0. The summed E-state index contributed by atoms with van der Waals surface area (Å²) < 4.78 is 5.48. The maximum absolute atomic E-state index is 12.2. The quantitative estimate of drug-likeness (QED) is 0.274. The van der Waals surface area contributed by atoms with Crippen LogP contribution >= 0.6 is 0 Å². The largest absolute Gasteiger partial charge is 0.462 e. The Morgan fingerprint density at radius 1 is 1.04 bits per heavy atom. The molecule has 1 saturated carbocycles. The van der Waals surface area contributed by atoms with Gasteiger partial charge in [0.15, 0.2) is 0 Å². The van der Waals surface area contributed by atoms with E-state index in [1.54, 1.807) is 12.1 Å². The molecule has 26 heavy (non-hydrogen) atoms. The van der Waals surface area contributed by atoms with Crippen molar-refractivity contribution in [3.8, 4) is 0 Å². The van der Waals surface area contributed by atoms with Crippen LogP contribution in [-0.2, 0) is 4.74 Å². The van der Waals surface area contributed by atoms with E-state index in [1.165, 1.54) is 57.8 Å². The summed E-state index contributed by atoms with van der Waals surface area (Å²) in [4.78, 5) is 16.6. The highest BCUT2D eigenvalue weighted by atomic mass is 16.5. The highest BCUT2D eigenvalue weighted by Gasteiger charge is 2.16. The molecule has 1 aliphatic carbocycles. The van der Waals surface area contributed by atoms with Gasteiger partial charge >= 0.3 is 5.97 Å². The fraction of sp³-hybridized carbons (Fsp3) is 0.636. The normalized spacial score (nSPS) is 15.8. The van der Waals surface area contributed by atoms with Crippen molar-refractivity contribution >= 4 is 11.8 Å². The maximum atomic E-state index is 12.2. The van der Waals surface area contributed by atoms with Crippen LogP contribution in [0.1, 0.15) is 87.1 Å². The Morgan fingerprint density at radius 3 is 2.38 bits per heavy atom. The van der Waals surface area contributed by atoms with Crippen LogP contribution in [0.2, 0.25) is 0 Å². The monoisotopic (exact) mass is 358 g/mol. The van der Waals surface area contributed by atoms with Gasteiger partial charge < -0.3 is 10.5 Å². The minimum absolute atomic E-state index is 0.242. The number of nitrogens with two attached hydrogens (primary N) is 1. The predicted octanol–water partition coefficient (Wildman–Crippen LogP) is 5.10. The molecule has 2 rings (SSSR count). The first kappa shape index (κ1) is 20.5. The maximum Gasteiger partial charge on any atom is 0.338 e. The van der Waals surface area contributed by atoms with Crippen molar-refractivity contribution in [2.75, 3.05) is 13.2 Å². The van der Waals surface area contributed by atoms with Gasteiger partial charge in [0.25, 0.3) is 0 Å². The van der Waals surface area contributed by atoms with E-state index in [0.29, 0.717) is 23.9 Å². The number of hydrogen-bond acceptors (Lipinski definition) is 3. The Hall–Kier alpha value is -1.84. The second-order valence-electron chi connectivity index (χ2n) is 7.36. The van der Waals surface area contributed by atoms with Crippen LogP contribution in [0.3, 0.4) is 0 Å². The average molecular weight is 359 g/mol. The number of esters is 1. The van der Waals surface area contributed by atoms with E-state index < -0.39 is 0 Å². The second kappa shape index (κ2) is 11.7. The SMILES string of the molecule is CCCCCCCN=C(N)c1ccc(C(=O)OCC2CCCCC2)cc1. The van der Waals surface area contributed by atoms with E-state index >= 15 is 0 Å². The molecule has 1 aliphatic rings. The van der Waals surface area contributed by atoms with Crippen LogP contribution in [-0.4, -0.2) is 25.0 Å². The van der Waals surface area contributed by atoms with Crippen molar-refractivity contribution in [1.29, 1.82) is 0 Å². The molecule has 4 nitrogen and oxygen atoms in total. The summed E-state index contributed by atoms with van der Waals surface area (Å²) in [6.07, 6.45) is 12.3. The molecule has 1 aromatic carbocycles. The molecule has 1 aromatic rings. The molecule has 0 heterocycles. The van der Waals surface area contributed by atoms with Gasteiger partial charge in [-0.15, -0.1) is 0 Å². The zero-order valence-corrected chi connectivity index (χ0v) is 16.2. The number of aliphatic imine (C=N–C) groups is 1. The minimum atomic E-state index is -0.242. The number of rotatable bonds is 10. The number of carbonyl (C=O) groups excluding carboxylic acids is 1.